The lowest BCUT2D eigenvalue weighted by Crippen LogP contribution is -2.71. The van der Waals surface area contributed by atoms with Gasteiger partial charge in [-0.25, -0.2) is 14.5 Å². The summed E-state index contributed by atoms with van der Waals surface area (Å²) in [6.45, 7) is 0.115. The van der Waals surface area contributed by atoms with Crippen molar-refractivity contribution in [2.24, 2.45) is 12.2 Å². The van der Waals surface area contributed by atoms with Crippen molar-refractivity contribution in [2.75, 3.05) is 17.2 Å². The van der Waals surface area contributed by atoms with Gasteiger partial charge in [0.15, 0.2) is 10.8 Å². The number of carboxylic acids is 1. The molecule has 39 heavy (non-hydrogen) atoms. The maximum absolute atomic E-state index is 13.2. The molecule has 2 amide bonds. The minimum absolute atomic E-state index is 0.0933. The first kappa shape index (κ1) is 26.6. The van der Waals surface area contributed by atoms with Crippen molar-refractivity contribution < 1.29 is 24.3 Å². The van der Waals surface area contributed by atoms with E-state index in [9.17, 15) is 19.5 Å². The SMILES string of the molecule is Cn1nnnc1SCC1=C(C(=O)O)N2C(=O)C(NC(=O)/C(=N/OCc3ccccc3)c3csc(N)n3)[C@H]2SC1. The molecule has 2 atom stereocenters. The first-order valence-electron chi connectivity index (χ1n) is 11.3. The fraction of sp³-hybridized carbons (Fsp3) is 0.273. The van der Waals surface area contributed by atoms with Gasteiger partial charge in [0, 0.05) is 23.9 Å². The van der Waals surface area contributed by atoms with E-state index in [1.807, 2.05) is 30.3 Å². The summed E-state index contributed by atoms with van der Waals surface area (Å²) in [5.41, 5.74) is 7.12. The Morgan fingerprint density at radius 2 is 2.13 bits per heavy atom. The number of rotatable bonds is 10. The Kier molecular flexibility index (Phi) is 7.80. The molecular weight excluding hydrogens is 567 g/mol. The number of tetrazole rings is 1. The number of thioether (sulfide) groups is 2. The number of nitrogens with one attached hydrogen (secondary N) is 1. The van der Waals surface area contributed by atoms with Crippen LogP contribution in [-0.4, -0.2) is 81.6 Å². The van der Waals surface area contributed by atoms with Crippen molar-refractivity contribution in [1.82, 2.24) is 35.4 Å². The van der Waals surface area contributed by atoms with Crippen molar-refractivity contribution in [3.8, 4) is 0 Å². The van der Waals surface area contributed by atoms with Gasteiger partial charge in [-0.3, -0.25) is 14.5 Å². The molecule has 17 heteroatoms. The molecule has 202 valence electrons. The molecule has 2 aliphatic rings. The summed E-state index contributed by atoms with van der Waals surface area (Å²) in [5, 5.41) is 29.5. The number of aryl methyl sites for hydroxylation is 1. The van der Waals surface area contributed by atoms with Crippen molar-refractivity contribution in [2.45, 2.75) is 23.2 Å². The van der Waals surface area contributed by atoms with E-state index >= 15 is 0 Å². The lowest BCUT2D eigenvalue weighted by molar-refractivity contribution is -0.150. The zero-order valence-corrected chi connectivity index (χ0v) is 22.7. The number of nitrogens with two attached hydrogens (primary N) is 1. The number of β-lactam (4-membered cyclic amide) rings is 1. The molecule has 1 aromatic carbocycles. The number of nitrogen functional groups attached to an aromatic ring is 1. The molecule has 2 aliphatic heterocycles. The van der Waals surface area contributed by atoms with Gasteiger partial charge in [0.25, 0.3) is 11.8 Å². The number of aliphatic carboxylic acids is 1. The third-order valence-corrected chi connectivity index (χ3v) is 8.81. The number of amides is 2. The van der Waals surface area contributed by atoms with E-state index in [1.165, 1.54) is 33.1 Å². The quantitative estimate of drug-likeness (QED) is 0.130. The number of carbonyl (C=O) groups excluding carboxylic acids is 2. The van der Waals surface area contributed by atoms with Gasteiger partial charge in [0.05, 0.1) is 0 Å². The number of aromatic nitrogens is 5. The number of thiazole rings is 1. The van der Waals surface area contributed by atoms with Gasteiger partial charge >= 0.3 is 5.97 Å². The second-order valence-electron chi connectivity index (χ2n) is 8.26. The summed E-state index contributed by atoms with van der Waals surface area (Å²) < 4.78 is 1.48. The Morgan fingerprint density at radius 3 is 2.79 bits per heavy atom. The molecule has 0 aliphatic carbocycles. The van der Waals surface area contributed by atoms with Crippen LogP contribution in [0.5, 0.6) is 0 Å². The normalized spacial score (nSPS) is 18.9. The van der Waals surface area contributed by atoms with Gasteiger partial charge < -0.3 is 21.0 Å². The zero-order chi connectivity index (χ0) is 27.5. The van der Waals surface area contributed by atoms with Crippen molar-refractivity contribution in [3.05, 3.63) is 58.2 Å². The van der Waals surface area contributed by atoms with Gasteiger partial charge in [0.2, 0.25) is 5.16 Å². The van der Waals surface area contributed by atoms with E-state index in [4.69, 9.17) is 10.6 Å². The highest BCUT2D eigenvalue weighted by atomic mass is 32.2. The molecule has 14 nitrogen and oxygen atoms in total. The van der Waals surface area contributed by atoms with Crippen LogP contribution in [0, 0.1) is 0 Å². The van der Waals surface area contributed by atoms with Crippen LogP contribution >= 0.6 is 34.9 Å². The zero-order valence-electron chi connectivity index (χ0n) is 20.3. The minimum Gasteiger partial charge on any atom is -0.477 e. The number of anilines is 1. The largest absolute Gasteiger partial charge is 0.477 e. The van der Waals surface area contributed by atoms with Crippen molar-refractivity contribution >= 4 is 63.5 Å². The molecule has 1 saturated heterocycles. The smallest absolute Gasteiger partial charge is 0.352 e. The molecular formula is C22H21N9O5S3. The summed E-state index contributed by atoms with van der Waals surface area (Å²) in [4.78, 5) is 49.2. The van der Waals surface area contributed by atoms with Crippen LogP contribution < -0.4 is 11.1 Å². The Morgan fingerprint density at radius 1 is 1.33 bits per heavy atom. The Balaban J connectivity index is 1.30. The first-order chi connectivity index (χ1) is 18.8. The molecule has 4 heterocycles. The van der Waals surface area contributed by atoms with E-state index in [1.54, 1.807) is 12.4 Å². The molecule has 3 aromatic rings. The topological polar surface area (TPSA) is 191 Å². The van der Waals surface area contributed by atoms with Crippen LogP contribution in [0.15, 0.2) is 57.3 Å². The molecule has 4 N–H and O–H groups in total. The summed E-state index contributed by atoms with van der Waals surface area (Å²) >= 11 is 3.76. The van der Waals surface area contributed by atoms with Gasteiger partial charge in [0.1, 0.15) is 29.4 Å². The number of fused-ring (bicyclic) bond motifs is 1. The minimum atomic E-state index is -1.22. The number of hydrogen-bond donors (Lipinski definition) is 3. The van der Waals surface area contributed by atoms with Crippen LogP contribution in [0.3, 0.4) is 0 Å². The summed E-state index contributed by atoms with van der Waals surface area (Å²) in [5.74, 6) is -1.81. The Bertz CT molecular complexity index is 1470. The highest BCUT2D eigenvalue weighted by molar-refractivity contribution is 8.01. The molecule has 1 unspecified atom stereocenters. The maximum Gasteiger partial charge on any atom is 0.352 e. The number of nitrogens with zero attached hydrogens (tertiary/aromatic N) is 7. The van der Waals surface area contributed by atoms with E-state index in [2.05, 4.69) is 31.0 Å². The molecule has 0 spiro atoms. The van der Waals surface area contributed by atoms with Gasteiger partial charge in [-0.15, -0.1) is 28.2 Å². The fourth-order valence-electron chi connectivity index (χ4n) is 3.85. The van der Waals surface area contributed by atoms with Crippen molar-refractivity contribution in [1.29, 1.82) is 0 Å². The predicted molar refractivity (Wildman–Crippen MR) is 144 cm³/mol. The second kappa shape index (κ2) is 11.4. The van der Waals surface area contributed by atoms with Gasteiger partial charge in [-0.05, 0) is 21.6 Å². The van der Waals surface area contributed by atoms with E-state index in [-0.39, 0.29) is 34.6 Å². The standard InChI is InChI=1S/C22H21N9O5S3/c1-30-22(26-28-29-30)39-9-12-8-37-19-15(18(33)31(19)16(12)20(34)35)25-17(32)14(13-10-38-21(23)24-13)27-36-7-11-5-3-2-4-6-11/h2-6,10,15,19H,7-9H2,1H3,(H2,23,24)(H,25,32)(H,34,35)/b27-14+/t15?,19-/m1/s1. The van der Waals surface area contributed by atoms with Crippen LogP contribution in [0.1, 0.15) is 11.3 Å². The maximum atomic E-state index is 13.2. The third kappa shape index (κ3) is 5.59. The average Bonchev–Trinajstić information content (AvgIpc) is 3.55. The Labute approximate surface area is 233 Å². The van der Waals surface area contributed by atoms with Crippen LogP contribution in [-0.2, 0) is 32.9 Å². The highest BCUT2D eigenvalue weighted by Gasteiger charge is 2.54. The van der Waals surface area contributed by atoms with E-state index < -0.39 is 29.2 Å². The number of hydrogen-bond acceptors (Lipinski definition) is 13. The van der Waals surface area contributed by atoms with Crippen LogP contribution in [0.2, 0.25) is 0 Å². The first-order valence-corrected chi connectivity index (χ1v) is 14.3. The van der Waals surface area contributed by atoms with Gasteiger partial charge in [-0.1, -0.05) is 47.2 Å². The lowest BCUT2D eigenvalue weighted by Gasteiger charge is -2.49. The highest BCUT2D eigenvalue weighted by Crippen LogP contribution is 2.41. The molecule has 1 fully saturated rings. The fourth-order valence-corrected chi connectivity index (χ4v) is 6.73. The molecule has 0 radical (unpaired) electrons. The second-order valence-corrected chi connectivity index (χ2v) is 11.2. The predicted octanol–water partition coefficient (Wildman–Crippen LogP) is 0.701. The van der Waals surface area contributed by atoms with Crippen LogP contribution in [0.25, 0.3) is 0 Å². The molecule has 5 rings (SSSR count). The summed E-state index contributed by atoms with van der Waals surface area (Å²) in [7, 11) is 1.68. The average molecular weight is 588 g/mol. The lowest BCUT2D eigenvalue weighted by atomic mass is 10.0. The molecule has 0 saturated carbocycles. The van der Waals surface area contributed by atoms with Gasteiger partial charge in [-0.2, -0.15) is 0 Å². The number of oxime groups is 1. The monoisotopic (exact) mass is 587 g/mol. The van der Waals surface area contributed by atoms with E-state index in [0.29, 0.717) is 16.5 Å². The van der Waals surface area contributed by atoms with Crippen molar-refractivity contribution in [3.63, 3.8) is 0 Å². The van der Waals surface area contributed by atoms with Crippen LogP contribution in [0.4, 0.5) is 5.13 Å². The summed E-state index contributed by atoms with van der Waals surface area (Å²) in [6.07, 6.45) is 0. The third-order valence-electron chi connectivity index (χ3n) is 5.70. The number of carboxylic acid groups (broad SMARTS) is 1. The summed E-state index contributed by atoms with van der Waals surface area (Å²) in [6, 6.07) is 8.32. The number of carbonyl (C=O) groups is 3. The molecule has 2 aromatic heterocycles. The number of benzene rings is 1. The molecule has 0 bridgehead atoms. The van der Waals surface area contributed by atoms with E-state index in [0.717, 1.165) is 16.9 Å². The Hall–Kier alpha value is -3.96.